The highest BCUT2D eigenvalue weighted by atomic mass is 19.1. The highest BCUT2D eigenvalue weighted by molar-refractivity contribution is 5.75. The van der Waals surface area contributed by atoms with Crippen molar-refractivity contribution in [1.29, 1.82) is 0 Å². The molecule has 0 radical (unpaired) electrons. The monoisotopic (exact) mass is 305 g/mol. The first-order valence-electron chi connectivity index (χ1n) is 8.28. The second-order valence-corrected chi connectivity index (χ2v) is 6.13. The predicted molar refractivity (Wildman–Crippen MR) is 85.6 cm³/mol. The van der Waals surface area contributed by atoms with E-state index in [1.807, 2.05) is 21.9 Å². The number of halogens is 1. The lowest BCUT2D eigenvalue weighted by atomic mass is 10.2. The molecule has 0 saturated carbocycles. The minimum Gasteiger partial charge on any atom is -0.368 e. The minimum atomic E-state index is -0.210. The first-order valence-corrected chi connectivity index (χ1v) is 8.28. The molecule has 0 aliphatic carbocycles. The summed E-state index contributed by atoms with van der Waals surface area (Å²) in [6.45, 7) is 4.91. The van der Waals surface area contributed by atoms with Crippen LogP contribution < -0.4 is 4.90 Å². The van der Waals surface area contributed by atoms with Crippen LogP contribution in [0.3, 0.4) is 0 Å². The number of nitrogens with zero attached hydrogens (tertiary/aromatic N) is 3. The van der Waals surface area contributed by atoms with Gasteiger partial charge in [-0.25, -0.2) is 9.18 Å². The Morgan fingerprint density at radius 1 is 0.773 bits per heavy atom. The number of likely N-dealkylation sites (tertiary alicyclic amines) is 1. The van der Waals surface area contributed by atoms with Crippen LogP contribution in [-0.4, -0.2) is 55.1 Å². The van der Waals surface area contributed by atoms with Crippen LogP contribution in [0.25, 0.3) is 0 Å². The summed E-state index contributed by atoms with van der Waals surface area (Å²) in [6.07, 6.45) is 4.73. The Bertz CT molecular complexity index is 489. The van der Waals surface area contributed by atoms with E-state index in [1.54, 1.807) is 0 Å². The van der Waals surface area contributed by atoms with E-state index in [1.165, 1.54) is 25.0 Å². The Labute approximate surface area is 131 Å². The van der Waals surface area contributed by atoms with Crippen molar-refractivity contribution in [2.75, 3.05) is 44.2 Å². The van der Waals surface area contributed by atoms with E-state index >= 15 is 0 Å². The van der Waals surface area contributed by atoms with Crippen LogP contribution in [-0.2, 0) is 0 Å². The number of carbonyl (C=O) groups is 1. The minimum absolute atomic E-state index is 0.195. The molecule has 0 atom stereocenters. The Morgan fingerprint density at radius 2 is 1.32 bits per heavy atom. The summed E-state index contributed by atoms with van der Waals surface area (Å²) in [5, 5.41) is 0. The summed E-state index contributed by atoms with van der Waals surface area (Å²) < 4.78 is 13.0. The fraction of sp³-hybridized carbons (Fsp3) is 0.588. The summed E-state index contributed by atoms with van der Waals surface area (Å²) in [6, 6.07) is 6.79. The number of amides is 2. The van der Waals surface area contributed by atoms with E-state index in [0.717, 1.165) is 57.8 Å². The fourth-order valence-corrected chi connectivity index (χ4v) is 3.27. The summed E-state index contributed by atoms with van der Waals surface area (Å²) in [5.74, 6) is -0.210. The molecule has 22 heavy (non-hydrogen) atoms. The Kier molecular flexibility index (Phi) is 4.80. The van der Waals surface area contributed by atoms with Crippen LogP contribution in [0.4, 0.5) is 14.9 Å². The number of urea groups is 1. The van der Waals surface area contributed by atoms with Crippen molar-refractivity contribution in [2.24, 2.45) is 0 Å². The van der Waals surface area contributed by atoms with Crippen LogP contribution in [0.1, 0.15) is 25.7 Å². The van der Waals surface area contributed by atoms with E-state index in [0.29, 0.717) is 0 Å². The molecule has 2 amide bonds. The van der Waals surface area contributed by atoms with Crippen molar-refractivity contribution in [3.63, 3.8) is 0 Å². The van der Waals surface area contributed by atoms with Gasteiger partial charge in [-0.3, -0.25) is 0 Å². The van der Waals surface area contributed by atoms with Gasteiger partial charge < -0.3 is 14.7 Å². The van der Waals surface area contributed by atoms with E-state index in [4.69, 9.17) is 0 Å². The number of carbonyl (C=O) groups excluding carboxylic acids is 1. The molecule has 1 aromatic rings. The van der Waals surface area contributed by atoms with Gasteiger partial charge in [-0.1, -0.05) is 12.8 Å². The quantitative estimate of drug-likeness (QED) is 0.797. The zero-order valence-corrected chi connectivity index (χ0v) is 13.0. The number of hydrogen-bond donors (Lipinski definition) is 0. The number of hydrogen-bond acceptors (Lipinski definition) is 2. The van der Waals surface area contributed by atoms with Crippen molar-refractivity contribution in [3.8, 4) is 0 Å². The second kappa shape index (κ2) is 6.99. The molecule has 0 aromatic heterocycles. The van der Waals surface area contributed by atoms with Crippen LogP contribution >= 0.6 is 0 Å². The molecule has 0 spiro atoms. The zero-order valence-electron chi connectivity index (χ0n) is 13.0. The van der Waals surface area contributed by atoms with Crippen LogP contribution in [0.15, 0.2) is 24.3 Å². The Hall–Kier alpha value is -1.78. The van der Waals surface area contributed by atoms with Crippen molar-refractivity contribution in [2.45, 2.75) is 25.7 Å². The number of anilines is 1. The maximum absolute atomic E-state index is 13.0. The van der Waals surface area contributed by atoms with Gasteiger partial charge >= 0.3 is 6.03 Å². The fourth-order valence-electron chi connectivity index (χ4n) is 3.27. The third kappa shape index (κ3) is 3.51. The summed E-state index contributed by atoms with van der Waals surface area (Å²) >= 11 is 0. The van der Waals surface area contributed by atoms with Gasteiger partial charge in [0.15, 0.2) is 0 Å². The second-order valence-electron chi connectivity index (χ2n) is 6.13. The van der Waals surface area contributed by atoms with E-state index < -0.39 is 0 Å². The maximum Gasteiger partial charge on any atom is 0.320 e. The molecule has 0 N–H and O–H groups in total. The van der Waals surface area contributed by atoms with Gasteiger partial charge in [0, 0.05) is 45.0 Å². The maximum atomic E-state index is 13.0. The highest BCUT2D eigenvalue weighted by Crippen LogP contribution is 2.18. The molecule has 4 nitrogen and oxygen atoms in total. The van der Waals surface area contributed by atoms with Gasteiger partial charge in [0.05, 0.1) is 0 Å². The van der Waals surface area contributed by atoms with Gasteiger partial charge in [0.1, 0.15) is 5.82 Å². The number of piperazine rings is 1. The Balaban J connectivity index is 1.54. The van der Waals surface area contributed by atoms with Gasteiger partial charge in [-0.15, -0.1) is 0 Å². The predicted octanol–water partition coefficient (Wildman–Crippen LogP) is 2.94. The molecule has 2 heterocycles. The lowest BCUT2D eigenvalue weighted by molar-refractivity contribution is 0.151. The third-order valence-corrected chi connectivity index (χ3v) is 4.62. The molecule has 120 valence electrons. The average Bonchev–Trinajstić information content (AvgIpc) is 2.84. The normalized spacial score (nSPS) is 20.0. The van der Waals surface area contributed by atoms with E-state index in [-0.39, 0.29) is 11.8 Å². The lowest BCUT2D eigenvalue weighted by Gasteiger charge is -2.38. The van der Waals surface area contributed by atoms with Crippen molar-refractivity contribution < 1.29 is 9.18 Å². The van der Waals surface area contributed by atoms with Gasteiger partial charge in [0.25, 0.3) is 0 Å². The molecule has 2 aliphatic heterocycles. The smallest absolute Gasteiger partial charge is 0.320 e. The topological polar surface area (TPSA) is 26.8 Å². The first-order chi connectivity index (χ1) is 10.7. The highest BCUT2D eigenvalue weighted by Gasteiger charge is 2.25. The molecule has 5 heteroatoms. The Morgan fingerprint density at radius 3 is 1.91 bits per heavy atom. The standard InChI is InChI=1S/C17H24FN3O/c18-15-5-7-16(8-6-15)19-11-13-21(14-12-19)17(22)20-9-3-1-2-4-10-20/h5-8H,1-4,9-14H2. The first kappa shape index (κ1) is 15.1. The molecule has 1 aromatic carbocycles. The molecule has 0 bridgehead atoms. The number of rotatable bonds is 1. The lowest BCUT2D eigenvalue weighted by Crippen LogP contribution is -2.53. The number of benzene rings is 1. The van der Waals surface area contributed by atoms with Crippen LogP contribution in [0.5, 0.6) is 0 Å². The molecule has 0 unspecified atom stereocenters. The largest absolute Gasteiger partial charge is 0.368 e. The van der Waals surface area contributed by atoms with Crippen molar-refractivity contribution in [1.82, 2.24) is 9.80 Å². The average molecular weight is 305 g/mol. The third-order valence-electron chi connectivity index (χ3n) is 4.62. The zero-order chi connectivity index (χ0) is 15.4. The summed E-state index contributed by atoms with van der Waals surface area (Å²) in [5.41, 5.74) is 1.03. The van der Waals surface area contributed by atoms with E-state index in [2.05, 4.69) is 4.90 Å². The van der Waals surface area contributed by atoms with Crippen molar-refractivity contribution >= 4 is 11.7 Å². The molecule has 2 aliphatic rings. The van der Waals surface area contributed by atoms with Crippen LogP contribution in [0.2, 0.25) is 0 Å². The molecule has 3 rings (SSSR count). The molecule has 2 saturated heterocycles. The summed E-state index contributed by atoms with van der Waals surface area (Å²) in [4.78, 5) is 18.8. The molecule has 2 fully saturated rings. The van der Waals surface area contributed by atoms with Crippen molar-refractivity contribution in [3.05, 3.63) is 30.1 Å². The van der Waals surface area contributed by atoms with E-state index in [9.17, 15) is 9.18 Å². The summed E-state index contributed by atoms with van der Waals surface area (Å²) in [7, 11) is 0. The SMILES string of the molecule is O=C(N1CCCCCC1)N1CCN(c2ccc(F)cc2)CC1. The van der Waals surface area contributed by atoms with Gasteiger partial charge in [-0.2, -0.15) is 0 Å². The van der Waals surface area contributed by atoms with Crippen LogP contribution in [0, 0.1) is 5.82 Å². The molecular formula is C17H24FN3O. The van der Waals surface area contributed by atoms with Gasteiger partial charge in [0.2, 0.25) is 0 Å². The van der Waals surface area contributed by atoms with Gasteiger partial charge in [-0.05, 0) is 37.1 Å². The molecular weight excluding hydrogens is 281 g/mol.